The number of ether oxygens (including phenoxy) is 2. The number of rotatable bonds is 3. The molecule has 1 aliphatic carbocycles. The molecular formula is C51H52BNO2. The Morgan fingerprint density at radius 1 is 0.582 bits per heavy atom. The summed E-state index contributed by atoms with van der Waals surface area (Å²) in [6, 6.07) is 40.3. The molecule has 3 nitrogen and oxygen atoms in total. The van der Waals surface area contributed by atoms with Crippen LogP contribution in [0.15, 0.2) is 115 Å². The molecule has 0 saturated heterocycles. The van der Waals surface area contributed by atoms with Crippen LogP contribution in [0.2, 0.25) is 0 Å². The van der Waals surface area contributed by atoms with Gasteiger partial charge in [0, 0.05) is 27.8 Å². The summed E-state index contributed by atoms with van der Waals surface area (Å²) in [5, 5.41) is 0. The average Bonchev–Trinajstić information content (AvgIpc) is 3.37. The molecule has 0 aromatic heterocycles. The molecule has 6 aromatic rings. The van der Waals surface area contributed by atoms with Crippen molar-refractivity contribution in [1.82, 2.24) is 0 Å². The number of hydrogen-bond donors (Lipinski definition) is 0. The molecule has 0 atom stereocenters. The third-order valence-corrected chi connectivity index (χ3v) is 12.2. The molecule has 0 fully saturated rings. The number of hydrogen-bond acceptors (Lipinski definition) is 3. The fourth-order valence-corrected chi connectivity index (χ4v) is 9.05. The molecular weight excluding hydrogens is 669 g/mol. The number of anilines is 3. The van der Waals surface area contributed by atoms with Crippen molar-refractivity contribution in [2.75, 3.05) is 4.90 Å². The molecule has 2 heterocycles. The van der Waals surface area contributed by atoms with Gasteiger partial charge in [0.1, 0.15) is 23.0 Å². The van der Waals surface area contributed by atoms with Gasteiger partial charge in [0.25, 0.3) is 6.71 Å². The highest BCUT2D eigenvalue weighted by Crippen LogP contribution is 2.58. The zero-order valence-electron chi connectivity index (χ0n) is 35.2. The van der Waals surface area contributed by atoms with Crippen molar-refractivity contribution < 1.29 is 10.8 Å². The minimum atomic E-state index is -0.343. The lowest BCUT2D eigenvalue weighted by Crippen LogP contribution is -2.57. The summed E-state index contributed by atoms with van der Waals surface area (Å²) >= 11 is 0. The van der Waals surface area contributed by atoms with Crippen molar-refractivity contribution in [2.45, 2.75) is 97.8 Å². The first kappa shape index (κ1) is 34.3. The Kier molecular flexibility index (Phi) is 7.41. The number of benzene rings is 6. The number of nitrogens with zero attached hydrogens (tertiary/aromatic N) is 1. The van der Waals surface area contributed by atoms with Crippen molar-refractivity contribution in [1.29, 1.82) is 0 Å². The maximum absolute atomic E-state index is 8.81. The highest BCUT2D eigenvalue weighted by atomic mass is 16.5. The summed E-state index contributed by atoms with van der Waals surface area (Å²) < 4.78 is 22.6. The first-order valence-electron chi connectivity index (χ1n) is 20.3. The van der Waals surface area contributed by atoms with E-state index in [9.17, 15) is 0 Å². The summed E-state index contributed by atoms with van der Waals surface area (Å²) in [5.41, 5.74) is 14.9. The molecule has 2 aliphatic heterocycles. The third-order valence-electron chi connectivity index (χ3n) is 12.2. The standard InChI is InChI=1S/C51H52BNO2/c1-48(2,3)31-19-24-34(25-20-31)53(35-26-21-32(22-27-35)49(4,5)6)40-30-39-47(44-36-15-12-13-16-37(36)51(10,11)45(40)44)55-43-18-14-17-42-46(43)52(39)38-29-33(50(7,8)9)23-28-41(38)54-42/h12-30H,1-11H3/i14D. The van der Waals surface area contributed by atoms with E-state index in [4.69, 9.17) is 10.8 Å². The van der Waals surface area contributed by atoms with E-state index in [0.717, 1.165) is 50.5 Å². The second kappa shape index (κ2) is 11.9. The smallest absolute Gasteiger partial charge is 0.260 e. The lowest BCUT2D eigenvalue weighted by molar-refractivity contribution is 0.464. The Morgan fingerprint density at radius 2 is 1.13 bits per heavy atom. The van der Waals surface area contributed by atoms with Crippen LogP contribution in [0.4, 0.5) is 17.1 Å². The molecule has 276 valence electrons. The van der Waals surface area contributed by atoms with Gasteiger partial charge in [0.2, 0.25) is 0 Å². The predicted octanol–water partition coefficient (Wildman–Crippen LogP) is 12.1. The van der Waals surface area contributed by atoms with E-state index in [1.807, 2.05) is 12.1 Å². The second-order valence-electron chi connectivity index (χ2n) is 19.4. The Morgan fingerprint density at radius 3 is 1.71 bits per heavy atom. The maximum Gasteiger partial charge on any atom is 0.260 e. The largest absolute Gasteiger partial charge is 0.458 e. The average molecular weight is 723 g/mol. The molecule has 0 N–H and O–H groups in total. The third kappa shape index (κ3) is 5.54. The monoisotopic (exact) mass is 722 g/mol. The normalized spacial score (nSPS) is 15.1. The van der Waals surface area contributed by atoms with Gasteiger partial charge in [-0.1, -0.05) is 143 Å². The molecule has 0 saturated carbocycles. The van der Waals surface area contributed by atoms with E-state index < -0.39 is 0 Å². The Bertz CT molecular complexity index is 2510. The molecule has 3 aliphatic rings. The topological polar surface area (TPSA) is 21.7 Å². The van der Waals surface area contributed by atoms with Gasteiger partial charge in [-0.15, -0.1) is 0 Å². The zero-order chi connectivity index (χ0) is 39.7. The molecule has 0 amide bonds. The summed E-state index contributed by atoms with van der Waals surface area (Å²) in [7, 11) is 0. The molecule has 0 bridgehead atoms. The Hall–Kier alpha value is -5.22. The van der Waals surface area contributed by atoms with Gasteiger partial charge in [0.15, 0.2) is 0 Å². The van der Waals surface area contributed by atoms with Gasteiger partial charge < -0.3 is 14.4 Å². The summed E-state index contributed by atoms with van der Waals surface area (Å²) in [6.07, 6.45) is 0. The summed E-state index contributed by atoms with van der Waals surface area (Å²) in [5.74, 6) is 3.08. The number of fused-ring (bicyclic) bond motifs is 8. The zero-order valence-corrected chi connectivity index (χ0v) is 34.2. The molecule has 0 radical (unpaired) electrons. The van der Waals surface area contributed by atoms with Gasteiger partial charge >= 0.3 is 0 Å². The van der Waals surface area contributed by atoms with E-state index in [2.05, 4.69) is 178 Å². The fraction of sp³-hybridized carbons (Fsp3) is 0.294. The van der Waals surface area contributed by atoms with E-state index >= 15 is 0 Å². The van der Waals surface area contributed by atoms with E-state index in [0.29, 0.717) is 17.5 Å². The second-order valence-corrected chi connectivity index (χ2v) is 19.4. The lowest BCUT2D eigenvalue weighted by Gasteiger charge is -2.38. The summed E-state index contributed by atoms with van der Waals surface area (Å²) in [4.78, 5) is 2.47. The predicted molar refractivity (Wildman–Crippen MR) is 232 cm³/mol. The van der Waals surface area contributed by atoms with Crippen molar-refractivity contribution in [3.05, 3.63) is 143 Å². The van der Waals surface area contributed by atoms with Gasteiger partial charge in [-0.2, -0.15) is 0 Å². The van der Waals surface area contributed by atoms with Crippen LogP contribution in [0.1, 0.15) is 105 Å². The highest BCUT2D eigenvalue weighted by Gasteiger charge is 2.47. The van der Waals surface area contributed by atoms with E-state index in [1.54, 1.807) is 0 Å². The fourth-order valence-electron chi connectivity index (χ4n) is 9.05. The van der Waals surface area contributed by atoms with Crippen LogP contribution in [-0.2, 0) is 21.7 Å². The maximum atomic E-state index is 8.81. The first-order valence-corrected chi connectivity index (χ1v) is 19.8. The molecule has 0 spiro atoms. The van der Waals surface area contributed by atoms with E-state index in [-0.39, 0.29) is 28.4 Å². The molecule has 0 unspecified atom stereocenters. The quantitative estimate of drug-likeness (QED) is 0.170. The molecule has 4 heteroatoms. The van der Waals surface area contributed by atoms with Crippen LogP contribution < -0.4 is 30.8 Å². The van der Waals surface area contributed by atoms with Crippen LogP contribution in [0.3, 0.4) is 0 Å². The minimum absolute atomic E-state index is 0.0259. The van der Waals surface area contributed by atoms with Crippen LogP contribution in [0.5, 0.6) is 23.0 Å². The summed E-state index contributed by atoms with van der Waals surface area (Å²) in [6.45, 7) is 25.0. The van der Waals surface area contributed by atoms with Crippen molar-refractivity contribution >= 4 is 40.2 Å². The van der Waals surface area contributed by atoms with Gasteiger partial charge in [0.05, 0.1) is 7.06 Å². The minimum Gasteiger partial charge on any atom is -0.458 e. The Balaban J connectivity index is 1.39. The highest BCUT2D eigenvalue weighted by molar-refractivity contribution is 6.98. The van der Waals surface area contributed by atoms with Crippen molar-refractivity contribution in [3.8, 4) is 34.1 Å². The van der Waals surface area contributed by atoms with Crippen molar-refractivity contribution in [2.24, 2.45) is 0 Å². The van der Waals surface area contributed by atoms with Crippen LogP contribution in [0, 0.1) is 0 Å². The van der Waals surface area contributed by atoms with Gasteiger partial charge in [-0.05, 0) is 109 Å². The SMILES string of the molecule is [2H]c1cc2c3c(c1)Oc1c(cc(N(c4ccc(C(C)(C)C)cc4)c4ccc(C(C)(C)C)cc4)c4c1-c1ccccc1C4(C)C)B3c1cc(C(C)(C)C)ccc1O2. The first-order chi connectivity index (χ1) is 26.3. The van der Waals surface area contributed by atoms with Gasteiger partial charge in [-0.3, -0.25) is 0 Å². The van der Waals surface area contributed by atoms with Gasteiger partial charge in [-0.25, -0.2) is 0 Å². The molecule has 6 aromatic carbocycles. The van der Waals surface area contributed by atoms with Crippen LogP contribution in [0.25, 0.3) is 11.1 Å². The molecule has 9 rings (SSSR count). The van der Waals surface area contributed by atoms with Crippen LogP contribution >= 0.6 is 0 Å². The van der Waals surface area contributed by atoms with E-state index in [1.165, 1.54) is 33.4 Å². The lowest BCUT2D eigenvalue weighted by atomic mass is 9.34. The van der Waals surface area contributed by atoms with Crippen LogP contribution in [-0.4, -0.2) is 6.71 Å². The van der Waals surface area contributed by atoms with Crippen molar-refractivity contribution in [3.63, 3.8) is 0 Å². The molecule has 55 heavy (non-hydrogen) atoms. The Labute approximate surface area is 329 Å².